The topological polar surface area (TPSA) is 92.0 Å². The molecule has 0 spiro atoms. The number of amides is 1. The van der Waals surface area contributed by atoms with Gasteiger partial charge in [0.1, 0.15) is 17.4 Å². The summed E-state index contributed by atoms with van der Waals surface area (Å²) in [5.41, 5.74) is 3.10. The molecule has 1 aromatic heterocycles. The summed E-state index contributed by atoms with van der Waals surface area (Å²) in [6, 6.07) is 8.76. The van der Waals surface area contributed by atoms with Gasteiger partial charge in [0.25, 0.3) is 15.9 Å². The zero-order chi connectivity index (χ0) is 25.6. The molecule has 1 atom stereocenters. The molecule has 1 unspecified atom stereocenters. The maximum absolute atomic E-state index is 13.8. The molecule has 1 amide bonds. The lowest BCUT2D eigenvalue weighted by atomic mass is 9.92. The van der Waals surface area contributed by atoms with Crippen LogP contribution in [0.25, 0.3) is 0 Å². The first kappa shape index (κ1) is 24.2. The van der Waals surface area contributed by atoms with E-state index in [4.69, 9.17) is 4.42 Å². The molecule has 0 bridgehead atoms. The molecule has 1 aliphatic heterocycles. The van der Waals surface area contributed by atoms with Gasteiger partial charge in [0.15, 0.2) is 5.76 Å². The van der Waals surface area contributed by atoms with E-state index in [2.05, 4.69) is 9.93 Å². The SMILES string of the molecule is Cc1c(C(=O)N2c3ccc(F)cc3CCC2C)oc2c1/C(=N/NS(=O)(=O)c1ccc(F)cc1)CCC2. The highest BCUT2D eigenvalue weighted by Gasteiger charge is 2.35. The summed E-state index contributed by atoms with van der Waals surface area (Å²) in [5, 5.41) is 4.16. The predicted molar refractivity (Wildman–Crippen MR) is 131 cm³/mol. The standard InChI is InChI=1S/C26H25F2N3O4S/c1-15-6-7-17-14-19(28)10-13-22(17)31(15)26(32)25-16(2)24-21(4-3-5-23(24)35-25)29-30-36(33,34)20-11-8-18(27)9-12-20/h8-15,30H,3-7H2,1-2H3/b29-21+. The Kier molecular flexibility index (Phi) is 6.15. The summed E-state index contributed by atoms with van der Waals surface area (Å²) >= 11 is 0. The zero-order valence-electron chi connectivity index (χ0n) is 19.8. The van der Waals surface area contributed by atoms with Crippen LogP contribution in [0.5, 0.6) is 0 Å². The summed E-state index contributed by atoms with van der Waals surface area (Å²) < 4.78 is 58.3. The van der Waals surface area contributed by atoms with Crippen LogP contribution in [0.15, 0.2) is 56.9 Å². The zero-order valence-corrected chi connectivity index (χ0v) is 20.7. The molecule has 0 saturated carbocycles. The fourth-order valence-corrected chi connectivity index (χ4v) is 5.74. The average Bonchev–Trinajstić information content (AvgIpc) is 3.20. The molecule has 0 radical (unpaired) electrons. The third kappa shape index (κ3) is 4.30. The van der Waals surface area contributed by atoms with Crippen LogP contribution in [0.2, 0.25) is 0 Å². The number of carbonyl (C=O) groups is 1. The van der Waals surface area contributed by atoms with E-state index in [1.54, 1.807) is 17.9 Å². The Hall–Kier alpha value is -3.53. The first-order chi connectivity index (χ1) is 17.2. The number of hydrogen-bond acceptors (Lipinski definition) is 5. The van der Waals surface area contributed by atoms with Crippen LogP contribution in [0.4, 0.5) is 14.5 Å². The van der Waals surface area contributed by atoms with Crippen molar-refractivity contribution in [1.82, 2.24) is 4.83 Å². The molecule has 7 nitrogen and oxygen atoms in total. The Morgan fingerprint density at radius 2 is 1.81 bits per heavy atom. The van der Waals surface area contributed by atoms with Gasteiger partial charge in [0.2, 0.25) is 0 Å². The third-order valence-corrected chi connectivity index (χ3v) is 7.96. The Bertz CT molecular complexity index is 1480. The number of aryl methyl sites for hydroxylation is 2. The lowest BCUT2D eigenvalue weighted by Gasteiger charge is -2.34. The smallest absolute Gasteiger partial charge is 0.294 e. The van der Waals surface area contributed by atoms with Gasteiger partial charge in [-0.2, -0.15) is 18.4 Å². The Morgan fingerprint density at radius 1 is 1.08 bits per heavy atom. The van der Waals surface area contributed by atoms with E-state index in [0.29, 0.717) is 60.4 Å². The minimum Gasteiger partial charge on any atom is -0.455 e. The summed E-state index contributed by atoms with van der Waals surface area (Å²) in [7, 11) is -4.00. The fraction of sp³-hybridized carbons (Fsp3) is 0.308. The van der Waals surface area contributed by atoms with Crippen molar-refractivity contribution in [2.75, 3.05) is 4.90 Å². The Balaban J connectivity index is 1.48. The quantitative estimate of drug-likeness (QED) is 0.504. The van der Waals surface area contributed by atoms with E-state index in [1.165, 1.54) is 12.1 Å². The van der Waals surface area contributed by atoms with Gasteiger partial charge < -0.3 is 9.32 Å². The van der Waals surface area contributed by atoms with Gasteiger partial charge in [-0.25, -0.2) is 8.78 Å². The van der Waals surface area contributed by atoms with Crippen molar-refractivity contribution in [3.8, 4) is 0 Å². The molecule has 0 saturated heterocycles. The molecule has 1 N–H and O–H groups in total. The number of sulfonamides is 1. The number of nitrogens with one attached hydrogen (secondary N) is 1. The van der Waals surface area contributed by atoms with Crippen LogP contribution in [0, 0.1) is 18.6 Å². The second-order valence-electron chi connectivity index (χ2n) is 9.15. The van der Waals surface area contributed by atoms with Gasteiger partial charge in [0, 0.05) is 29.3 Å². The minimum atomic E-state index is -4.00. The number of hydrogen-bond donors (Lipinski definition) is 1. The van der Waals surface area contributed by atoms with Crippen molar-refractivity contribution < 1.29 is 26.4 Å². The minimum absolute atomic E-state index is 0.104. The van der Waals surface area contributed by atoms with Crippen molar-refractivity contribution in [2.24, 2.45) is 5.10 Å². The second-order valence-corrected chi connectivity index (χ2v) is 10.8. The number of carbonyl (C=O) groups excluding carboxylic acids is 1. The molecule has 188 valence electrons. The summed E-state index contributed by atoms with van der Waals surface area (Å²) in [6.45, 7) is 3.70. The van der Waals surface area contributed by atoms with E-state index in [0.717, 1.165) is 29.8 Å². The van der Waals surface area contributed by atoms with Crippen LogP contribution in [0.3, 0.4) is 0 Å². The number of anilines is 1. The maximum Gasteiger partial charge on any atom is 0.294 e. The Labute approximate surface area is 207 Å². The second kappa shape index (κ2) is 9.16. The number of benzene rings is 2. The van der Waals surface area contributed by atoms with Crippen LogP contribution in [-0.4, -0.2) is 26.1 Å². The average molecular weight is 514 g/mol. The van der Waals surface area contributed by atoms with Gasteiger partial charge >= 0.3 is 0 Å². The molecular weight excluding hydrogens is 488 g/mol. The molecule has 0 fully saturated rings. The van der Waals surface area contributed by atoms with Crippen LogP contribution < -0.4 is 9.73 Å². The Morgan fingerprint density at radius 3 is 2.56 bits per heavy atom. The van der Waals surface area contributed by atoms with E-state index in [9.17, 15) is 22.0 Å². The highest BCUT2D eigenvalue weighted by Crippen LogP contribution is 2.36. The van der Waals surface area contributed by atoms with Gasteiger partial charge in [-0.15, -0.1) is 0 Å². The van der Waals surface area contributed by atoms with E-state index >= 15 is 0 Å². The normalized spacial score (nSPS) is 18.6. The van der Waals surface area contributed by atoms with E-state index in [-0.39, 0.29) is 28.4 Å². The number of nitrogens with zero attached hydrogens (tertiary/aromatic N) is 2. The van der Waals surface area contributed by atoms with E-state index < -0.39 is 15.8 Å². The monoisotopic (exact) mass is 513 g/mol. The van der Waals surface area contributed by atoms with E-state index in [1.807, 2.05) is 6.92 Å². The summed E-state index contributed by atoms with van der Waals surface area (Å²) in [4.78, 5) is 17.4. The third-order valence-electron chi connectivity index (χ3n) is 6.74. The summed E-state index contributed by atoms with van der Waals surface area (Å²) in [6.07, 6.45) is 3.13. The lowest BCUT2D eigenvalue weighted by Crippen LogP contribution is -2.42. The molecule has 3 aromatic rings. The number of fused-ring (bicyclic) bond motifs is 2. The van der Waals surface area contributed by atoms with Crippen molar-refractivity contribution in [3.05, 3.63) is 82.3 Å². The first-order valence-corrected chi connectivity index (χ1v) is 13.2. The van der Waals surface area contributed by atoms with Crippen LogP contribution >= 0.6 is 0 Å². The first-order valence-electron chi connectivity index (χ1n) is 11.7. The van der Waals surface area contributed by atoms with Crippen LogP contribution in [0.1, 0.15) is 59.2 Å². The molecule has 2 heterocycles. The molecule has 2 aromatic carbocycles. The van der Waals surface area contributed by atoms with Crippen molar-refractivity contribution >= 4 is 27.3 Å². The molecule has 36 heavy (non-hydrogen) atoms. The van der Waals surface area contributed by atoms with Gasteiger partial charge in [0.05, 0.1) is 10.6 Å². The van der Waals surface area contributed by atoms with Gasteiger partial charge in [-0.1, -0.05) is 0 Å². The highest BCUT2D eigenvalue weighted by atomic mass is 32.2. The number of hydrazone groups is 1. The molecule has 1 aliphatic carbocycles. The highest BCUT2D eigenvalue weighted by molar-refractivity contribution is 7.89. The lowest BCUT2D eigenvalue weighted by molar-refractivity contribution is 0.0945. The number of furan rings is 1. The summed E-state index contributed by atoms with van der Waals surface area (Å²) in [5.74, 6) is -0.470. The fourth-order valence-electron chi connectivity index (χ4n) is 4.90. The largest absolute Gasteiger partial charge is 0.455 e. The molecule has 5 rings (SSSR count). The van der Waals surface area contributed by atoms with Gasteiger partial charge in [-0.3, -0.25) is 4.79 Å². The molecular formula is C26H25F2N3O4S. The number of rotatable bonds is 4. The maximum atomic E-state index is 13.8. The van der Waals surface area contributed by atoms with Crippen molar-refractivity contribution in [3.63, 3.8) is 0 Å². The van der Waals surface area contributed by atoms with Gasteiger partial charge in [-0.05, 0) is 87.6 Å². The predicted octanol–water partition coefficient (Wildman–Crippen LogP) is 4.87. The van der Waals surface area contributed by atoms with Crippen LogP contribution in [-0.2, 0) is 22.9 Å². The number of halogens is 2. The van der Waals surface area contributed by atoms with Crippen molar-refractivity contribution in [1.29, 1.82) is 0 Å². The molecule has 2 aliphatic rings. The molecule has 10 heteroatoms. The van der Waals surface area contributed by atoms with Crippen molar-refractivity contribution in [2.45, 2.75) is 56.9 Å².